The van der Waals surface area contributed by atoms with Crippen LogP contribution in [0.4, 0.5) is 0 Å². The Kier molecular flexibility index (Phi) is 7.32. The zero-order valence-electron chi connectivity index (χ0n) is 10.9. The van der Waals surface area contributed by atoms with E-state index in [1.165, 1.54) is 0 Å². The smallest absolute Gasteiger partial charge is 0.120 e. The molecule has 0 atom stereocenters. The predicted molar refractivity (Wildman–Crippen MR) is 77.7 cm³/mol. The van der Waals surface area contributed by atoms with Crippen molar-refractivity contribution in [3.05, 3.63) is 28.2 Å². The van der Waals surface area contributed by atoms with Crippen LogP contribution in [0.25, 0.3) is 0 Å². The first kappa shape index (κ1) is 15.5. The molecule has 0 saturated heterocycles. The number of aliphatic hydroxyl groups excluding tert-OH is 1. The van der Waals surface area contributed by atoms with Gasteiger partial charge in [0, 0.05) is 23.2 Å². The minimum atomic E-state index is 0.276. The van der Waals surface area contributed by atoms with Crippen LogP contribution in [0.2, 0.25) is 0 Å². The SMILES string of the molecule is CCN(CCCCCO)Cc1cc(Br)ccc1O. The van der Waals surface area contributed by atoms with E-state index < -0.39 is 0 Å². The molecule has 0 radical (unpaired) electrons. The molecule has 0 aliphatic rings. The van der Waals surface area contributed by atoms with Gasteiger partial charge < -0.3 is 10.2 Å². The maximum atomic E-state index is 9.81. The fourth-order valence-electron chi connectivity index (χ4n) is 1.89. The average Bonchev–Trinajstić information content (AvgIpc) is 2.37. The van der Waals surface area contributed by atoms with Gasteiger partial charge in [-0.05, 0) is 50.6 Å². The maximum Gasteiger partial charge on any atom is 0.120 e. The molecule has 0 spiro atoms. The second kappa shape index (κ2) is 8.51. The Morgan fingerprint density at radius 2 is 2.00 bits per heavy atom. The lowest BCUT2D eigenvalue weighted by molar-refractivity contribution is 0.253. The van der Waals surface area contributed by atoms with Crippen molar-refractivity contribution in [3.63, 3.8) is 0 Å². The molecule has 0 fully saturated rings. The molecule has 0 aliphatic heterocycles. The number of rotatable bonds is 8. The van der Waals surface area contributed by atoms with Gasteiger partial charge in [-0.2, -0.15) is 0 Å². The topological polar surface area (TPSA) is 43.7 Å². The van der Waals surface area contributed by atoms with Crippen LogP contribution in [-0.2, 0) is 6.54 Å². The van der Waals surface area contributed by atoms with Crippen LogP contribution in [0.1, 0.15) is 31.7 Å². The largest absolute Gasteiger partial charge is 0.508 e. The summed E-state index contributed by atoms with van der Waals surface area (Å²) in [6.45, 7) is 5.13. The number of aliphatic hydroxyl groups is 1. The number of phenols is 1. The van der Waals surface area contributed by atoms with E-state index >= 15 is 0 Å². The number of halogens is 1. The molecule has 0 bridgehead atoms. The number of benzene rings is 1. The van der Waals surface area contributed by atoms with Gasteiger partial charge in [-0.3, -0.25) is 4.90 Å². The van der Waals surface area contributed by atoms with E-state index in [9.17, 15) is 5.11 Å². The molecule has 3 nitrogen and oxygen atoms in total. The molecule has 1 rings (SSSR count). The summed E-state index contributed by atoms with van der Waals surface area (Å²) in [6.07, 6.45) is 3.01. The minimum Gasteiger partial charge on any atom is -0.508 e. The highest BCUT2D eigenvalue weighted by atomic mass is 79.9. The molecule has 0 unspecified atom stereocenters. The molecule has 4 heteroatoms. The van der Waals surface area contributed by atoms with Crippen molar-refractivity contribution < 1.29 is 10.2 Å². The van der Waals surface area contributed by atoms with E-state index in [0.29, 0.717) is 5.75 Å². The molecular formula is C14H22BrNO2. The summed E-state index contributed by atoms with van der Waals surface area (Å²) in [5.41, 5.74) is 0.952. The fraction of sp³-hybridized carbons (Fsp3) is 0.571. The van der Waals surface area contributed by atoms with E-state index in [1.807, 2.05) is 12.1 Å². The molecule has 2 N–H and O–H groups in total. The summed E-state index contributed by atoms with van der Waals surface area (Å²) in [6, 6.07) is 5.53. The third kappa shape index (κ3) is 5.38. The van der Waals surface area contributed by atoms with Crippen molar-refractivity contribution in [3.8, 4) is 5.75 Å². The fourth-order valence-corrected chi connectivity index (χ4v) is 2.30. The normalized spacial score (nSPS) is 11.1. The second-order valence-electron chi connectivity index (χ2n) is 4.43. The lowest BCUT2D eigenvalue weighted by Crippen LogP contribution is -2.24. The van der Waals surface area contributed by atoms with Gasteiger partial charge in [0.25, 0.3) is 0 Å². The molecule has 0 saturated carbocycles. The van der Waals surface area contributed by atoms with Gasteiger partial charge in [0.15, 0.2) is 0 Å². The number of hydrogen-bond donors (Lipinski definition) is 2. The summed E-state index contributed by atoms with van der Waals surface area (Å²) in [4.78, 5) is 2.30. The van der Waals surface area contributed by atoms with E-state index in [0.717, 1.165) is 48.9 Å². The van der Waals surface area contributed by atoms with Crippen LogP contribution in [-0.4, -0.2) is 34.8 Å². The van der Waals surface area contributed by atoms with Crippen LogP contribution in [0, 0.1) is 0 Å². The van der Waals surface area contributed by atoms with Gasteiger partial charge in [-0.15, -0.1) is 0 Å². The quantitative estimate of drug-likeness (QED) is 0.724. The van der Waals surface area contributed by atoms with Crippen molar-refractivity contribution in [1.29, 1.82) is 0 Å². The summed E-state index contributed by atoms with van der Waals surface area (Å²) in [7, 11) is 0. The van der Waals surface area contributed by atoms with E-state index in [4.69, 9.17) is 5.11 Å². The molecule has 0 aromatic heterocycles. The number of hydrogen-bond acceptors (Lipinski definition) is 3. The predicted octanol–water partition coefficient (Wildman–Crippen LogP) is 3.14. The van der Waals surface area contributed by atoms with Gasteiger partial charge in [0.05, 0.1) is 0 Å². The highest BCUT2D eigenvalue weighted by Crippen LogP contribution is 2.23. The van der Waals surface area contributed by atoms with Gasteiger partial charge in [0.1, 0.15) is 5.75 Å². The van der Waals surface area contributed by atoms with Gasteiger partial charge in [-0.1, -0.05) is 22.9 Å². The molecular weight excluding hydrogens is 294 g/mol. The molecule has 1 aromatic carbocycles. The van der Waals surface area contributed by atoms with Crippen LogP contribution in [0.15, 0.2) is 22.7 Å². The lowest BCUT2D eigenvalue weighted by Gasteiger charge is -2.21. The Hall–Kier alpha value is -0.580. The van der Waals surface area contributed by atoms with Crippen molar-refractivity contribution in [2.75, 3.05) is 19.7 Å². The van der Waals surface area contributed by atoms with Gasteiger partial charge >= 0.3 is 0 Å². The zero-order valence-corrected chi connectivity index (χ0v) is 12.5. The van der Waals surface area contributed by atoms with Crippen molar-refractivity contribution in [2.45, 2.75) is 32.7 Å². The van der Waals surface area contributed by atoms with Crippen LogP contribution in [0.3, 0.4) is 0 Å². The van der Waals surface area contributed by atoms with Crippen LogP contribution in [0.5, 0.6) is 5.75 Å². The maximum absolute atomic E-state index is 9.81. The van der Waals surface area contributed by atoms with Crippen LogP contribution >= 0.6 is 15.9 Å². The summed E-state index contributed by atoms with van der Waals surface area (Å²) in [5, 5.41) is 18.5. The highest BCUT2D eigenvalue weighted by molar-refractivity contribution is 9.10. The summed E-state index contributed by atoms with van der Waals surface area (Å²) >= 11 is 3.42. The Balaban J connectivity index is 2.48. The molecule has 0 aliphatic carbocycles. The number of unbranched alkanes of at least 4 members (excludes halogenated alkanes) is 2. The number of nitrogens with zero attached hydrogens (tertiary/aromatic N) is 1. The first-order valence-electron chi connectivity index (χ1n) is 6.48. The molecule has 102 valence electrons. The van der Waals surface area contributed by atoms with E-state index in [-0.39, 0.29) is 6.61 Å². The molecule has 18 heavy (non-hydrogen) atoms. The first-order chi connectivity index (χ1) is 8.67. The van der Waals surface area contributed by atoms with Crippen molar-refractivity contribution >= 4 is 15.9 Å². The van der Waals surface area contributed by atoms with Crippen LogP contribution < -0.4 is 0 Å². The highest BCUT2D eigenvalue weighted by Gasteiger charge is 2.07. The lowest BCUT2D eigenvalue weighted by atomic mass is 10.1. The summed E-state index contributed by atoms with van der Waals surface area (Å²) in [5.74, 6) is 0.354. The zero-order chi connectivity index (χ0) is 13.4. The average molecular weight is 316 g/mol. The van der Waals surface area contributed by atoms with Gasteiger partial charge in [0.2, 0.25) is 0 Å². The Morgan fingerprint density at radius 3 is 2.67 bits per heavy atom. The number of phenolic OH excluding ortho intramolecular Hbond substituents is 1. The monoisotopic (exact) mass is 315 g/mol. The van der Waals surface area contributed by atoms with E-state index in [2.05, 4.69) is 27.8 Å². The molecule has 0 amide bonds. The molecule has 0 heterocycles. The third-order valence-electron chi connectivity index (χ3n) is 3.02. The Bertz CT molecular complexity index is 358. The third-order valence-corrected chi connectivity index (χ3v) is 3.51. The Morgan fingerprint density at radius 1 is 1.22 bits per heavy atom. The van der Waals surface area contributed by atoms with E-state index in [1.54, 1.807) is 6.07 Å². The first-order valence-corrected chi connectivity index (χ1v) is 7.27. The second-order valence-corrected chi connectivity index (χ2v) is 5.34. The summed E-state index contributed by atoms with van der Waals surface area (Å²) < 4.78 is 0.992. The standard InChI is InChI=1S/C14H22BrNO2/c1-2-16(8-4-3-5-9-17)11-12-10-13(15)6-7-14(12)18/h6-7,10,17-18H,2-5,8-9,11H2,1H3. The van der Waals surface area contributed by atoms with Gasteiger partial charge in [-0.25, -0.2) is 0 Å². The minimum absolute atomic E-state index is 0.276. The Labute approximate surface area is 118 Å². The molecule has 1 aromatic rings. The number of aromatic hydroxyl groups is 1. The van der Waals surface area contributed by atoms with Crippen molar-refractivity contribution in [1.82, 2.24) is 4.90 Å². The van der Waals surface area contributed by atoms with Crippen molar-refractivity contribution in [2.24, 2.45) is 0 Å².